The minimum Gasteiger partial charge on any atom is -0.444 e. The van der Waals surface area contributed by atoms with E-state index in [9.17, 15) is 4.79 Å². The molecule has 102 valence electrons. The second-order valence-corrected chi connectivity index (χ2v) is 4.78. The molecule has 0 aliphatic heterocycles. The van der Waals surface area contributed by atoms with Crippen LogP contribution in [0, 0.1) is 5.92 Å². The van der Waals surface area contributed by atoms with Crippen LogP contribution >= 0.6 is 22.6 Å². The average Bonchev–Trinajstić information content (AvgIpc) is 2.42. The van der Waals surface area contributed by atoms with Crippen LogP contribution in [0.2, 0.25) is 0 Å². The van der Waals surface area contributed by atoms with E-state index in [-0.39, 0.29) is 6.61 Å². The molecule has 1 amide bonds. The van der Waals surface area contributed by atoms with Gasteiger partial charge in [-0.2, -0.15) is 0 Å². The molecular weight excluding hydrogens is 355 g/mol. The molecule has 0 unspecified atom stereocenters. The summed E-state index contributed by atoms with van der Waals surface area (Å²) in [6.45, 7) is 4.32. The van der Waals surface area contributed by atoms with E-state index in [4.69, 9.17) is 4.74 Å². The van der Waals surface area contributed by atoms with Crippen molar-refractivity contribution in [2.45, 2.75) is 20.5 Å². The van der Waals surface area contributed by atoms with Gasteiger partial charge in [0, 0.05) is 0 Å². The van der Waals surface area contributed by atoms with E-state index in [0.29, 0.717) is 5.92 Å². The smallest absolute Gasteiger partial charge is 0.412 e. The number of alkyl carbamates (subject to hydrolysis) is 1. The molecule has 0 saturated carbocycles. The van der Waals surface area contributed by atoms with Crippen LogP contribution in [-0.2, 0) is 11.3 Å². The first-order valence-electron chi connectivity index (χ1n) is 5.93. The Balaban J connectivity index is 2.34. The first-order chi connectivity index (χ1) is 9.13. The van der Waals surface area contributed by atoms with Crippen molar-refractivity contribution in [3.8, 4) is 0 Å². The molecule has 4 nitrogen and oxygen atoms in total. The van der Waals surface area contributed by atoms with Gasteiger partial charge in [-0.25, -0.2) is 9.79 Å². The van der Waals surface area contributed by atoms with Crippen LogP contribution in [-0.4, -0.2) is 12.4 Å². The van der Waals surface area contributed by atoms with Gasteiger partial charge in [-0.1, -0.05) is 66.8 Å². The van der Waals surface area contributed by atoms with E-state index in [2.05, 4.69) is 32.9 Å². The van der Waals surface area contributed by atoms with Crippen LogP contribution < -0.4 is 5.32 Å². The van der Waals surface area contributed by atoms with Gasteiger partial charge in [0.05, 0.1) is 12.0 Å². The number of ether oxygens (including phenoxy) is 1. The number of nitrogens with one attached hydrogen (secondary N) is 1. The molecule has 0 fully saturated rings. The number of rotatable bonds is 5. The van der Waals surface area contributed by atoms with E-state index < -0.39 is 6.09 Å². The van der Waals surface area contributed by atoms with E-state index in [1.807, 2.05) is 48.3 Å². The Bertz CT molecular complexity index is 456. The number of hydrogen-bond donors (Lipinski definition) is 1. The third-order valence-electron chi connectivity index (χ3n) is 2.31. The van der Waals surface area contributed by atoms with E-state index in [1.54, 1.807) is 0 Å². The molecule has 0 heterocycles. The Labute approximate surface area is 127 Å². The molecule has 1 N–H and O–H groups in total. The van der Waals surface area contributed by atoms with Crippen molar-refractivity contribution in [1.29, 1.82) is 0 Å². The number of benzene rings is 1. The highest BCUT2D eigenvalue weighted by Gasteiger charge is 2.01. The molecule has 0 saturated heterocycles. The molecule has 1 rings (SSSR count). The summed E-state index contributed by atoms with van der Waals surface area (Å²) >= 11 is 2.13. The summed E-state index contributed by atoms with van der Waals surface area (Å²) in [5, 5.41) is 2.48. The number of allylic oxidation sites excluding steroid dienone is 1. The Morgan fingerprint density at radius 2 is 2.11 bits per heavy atom. The summed E-state index contributed by atoms with van der Waals surface area (Å²) < 4.78 is 6.93. The van der Waals surface area contributed by atoms with Gasteiger partial charge in [0.15, 0.2) is 0 Å². The summed E-state index contributed by atoms with van der Waals surface area (Å²) in [5.74, 6) is 0.315. The second-order valence-electron chi connectivity index (χ2n) is 4.15. The fraction of sp³-hybridized carbons (Fsp3) is 0.286. The van der Waals surface area contributed by atoms with Crippen molar-refractivity contribution in [2.75, 3.05) is 0 Å². The number of hydrogen-bond acceptors (Lipinski definition) is 3. The van der Waals surface area contributed by atoms with Gasteiger partial charge in [-0.05, 0) is 15.6 Å². The molecule has 0 aliphatic carbocycles. The van der Waals surface area contributed by atoms with Gasteiger partial charge in [0.1, 0.15) is 6.61 Å². The first-order valence-corrected chi connectivity index (χ1v) is 7.18. The SMILES string of the molecule is CC(C)/C(=C/I)N=CNC(=O)OCc1ccccc1. The molecule has 0 atom stereocenters. The number of halogens is 1. The molecule has 1 aromatic carbocycles. The van der Waals surface area contributed by atoms with Crippen LogP contribution in [0.5, 0.6) is 0 Å². The Kier molecular flexibility index (Phi) is 7.17. The second kappa shape index (κ2) is 8.68. The summed E-state index contributed by atoms with van der Waals surface area (Å²) in [6.07, 6.45) is 0.849. The minimum atomic E-state index is -0.510. The maximum absolute atomic E-state index is 11.4. The number of carbonyl (C=O) groups excluding carboxylic acids is 1. The average molecular weight is 372 g/mol. The number of carbonyl (C=O) groups is 1. The molecule has 0 aliphatic rings. The molecule has 0 spiro atoms. The van der Waals surface area contributed by atoms with Crippen molar-refractivity contribution in [3.05, 3.63) is 45.7 Å². The monoisotopic (exact) mass is 372 g/mol. The fourth-order valence-electron chi connectivity index (χ4n) is 1.23. The normalized spacial score (nSPS) is 11.9. The quantitative estimate of drug-likeness (QED) is 0.485. The van der Waals surface area contributed by atoms with E-state index in [1.165, 1.54) is 6.34 Å². The molecular formula is C14H17IN2O2. The fourth-order valence-corrected chi connectivity index (χ4v) is 2.11. The number of nitrogens with zero attached hydrogens (tertiary/aromatic N) is 1. The van der Waals surface area contributed by atoms with Crippen molar-refractivity contribution in [3.63, 3.8) is 0 Å². The highest BCUT2D eigenvalue weighted by Crippen LogP contribution is 2.12. The van der Waals surface area contributed by atoms with Crippen molar-refractivity contribution in [2.24, 2.45) is 10.9 Å². The minimum absolute atomic E-state index is 0.250. The third-order valence-corrected chi connectivity index (χ3v) is 2.95. The predicted molar refractivity (Wildman–Crippen MR) is 85.2 cm³/mol. The lowest BCUT2D eigenvalue weighted by atomic mass is 10.2. The summed E-state index contributed by atoms with van der Waals surface area (Å²) in [4.78, 5) is 15.6. The maximum atomic E-state index is 11.4. The van der Waals surface area contributed by atoms with Gasteiger partial charge < -0.3 is 4.74 Å². The summed E-state index contributed by atoms with van der Waals surface area (Å²) in [7, 11) is 0. The highest BCUT2D eigenvalue weighted by molar-refractivity contribution is 14.1. The zero-order chi connectivity index (χ0) is 14.1. The maximum Gasteiger partial charge on any atom is 0.412 e. The van der Waals surface area contributed by atoms with Crippen molar-refractivity contribution < 1.29 is 9.53 Å². The van der Waals surface area contributed by atoms with Crippen LogP contribution in [0.3, 0.4) is 0 Å². The van der Waals surface area contributed by atoms with Crippen LogP contribution in [0.4, 0.5) is 4.79 Å². The van der Waals surface area contributed by atoms with Gasteiger partial charge in [0.2, 0.25) is 0 Å². The Morgan fingerprint density at radius 1 is 1.42 bits per heavy atom. The van der Waals surface area contributed by atoms with Crippen LogP contribution in [0.15, 0.2) is 45.1 Å². The van der Waals surface area contributed by atoms with Crippen LogP contribution in [0.1, 0.15) is 19.4 Å². The zero-order valence-electron chi connectivity index (χ0n) is 11.0. The zero-order valence-corrected chi connectivity index (χ0v) is 13.1. The summed E-state index contributed by atoms with van der Waals surface area (Å²) in [6, 6.07) is 9.52. The highest BCUT2D eigenvalue weighted by atomic mass is 127. The van der Waals surface area contributed by atoms with Gasteiger partial charge >= 0.3 is 6.09 Å². The lowest BCUT2D eigenvalue weighted by Gasteiger charge is -2.05. The molecule has 5 heteroatoms. The lowest BCUT2D eigenvalue weighted by Crippen LogP contribution is -2.22. The molecule has 0 aromatic heterocycles. The Hall–Kier alpha value is -1.37. The van der Waals surface area contributed by atoms with Gasteiger partial charge in [-0.3, -0.25) is 5.32 Å². The topological polar surface area (TPSA) is 50.7 Å². The molecule has 0 radical (unpaired) electrons. The first kappa shape index (κ1) is 15.7. The van der Waals surface area contributed by atoms with E-state index >= 15 is 0 Å². The Morgan fingerprint density at radius 3 is 2.68 bits per heavy atom. The number of amides is 1. The largest absolute Gasteiger partial charge is 0.444 e. The van der Waals surface area contributed by atoms with Crippen LogP contribution in [0.25, 0.3) is 0 Å². The van der Waals surface area contributed by atoms with E-state index in [0.717, 1.165) is 11.3 Å². The third kappa shape index (κ3) is 6.37. The predicted octanol–water partition coefficient (Wildman–Crippen LogP) is 3.87. The molecule has 0 bridgehead atoms. The van der Waals surface area contributed by atoms with Crippen molar-refractivity contribution in [1.82, 2.24) is 5.32 Å². The summed E-state index contributed by atoms with van der Waals surface area (Å²) in [5.41, 5.74) is 1.86. The molecule has 19 heavy (non-hydrogen) atoms. The lowest BCUT2D eigenvalue weighted by molar-refractivity contribution is 0.145. The molecule has 1 aromatic rings. The van der Waals surface area contributed by atoms with Crippen molar-refractivity contribution >= 4 is 35.0 Å². The van der Waals surface area contributed by atoms with Gasteiger partial charge in [-0.15, -0.1) is 0 Å². The standard InChI is InChI=1S/C14H17IN2O2/c1-11(2)13(8-15)16-10-17-14(18)19-9-12-6-4-3-5-7-12/h3-8,10-11H,9H2,1-2H3,(H,16,17,18)/b13-8-. The number of aliphatic imine (C=N–C) groups is 1. The van der Waals surface area contributed by atoms with Gasteiger partial charge in [0.25, 0.3) is 0 Å².